The number of nitrogens with zero attached hydrogens (tertiary/aromatic N) is 2. The van der Waals surface area contributed by atoms with E-state index in [1.54, 1.807) is 18.5 Å². The molecule has 0 bridgehead atoms. The molecule has 1 N–H and O–H groups in total. The van der Waals surface area contributed by atoms with Gasteiger partial charge in [0, 0.05) is 24.5 Å². The summed E-state index contributed by atoms with van der Waals surface area (Å²) in [6.45, 7) is 0.413. The Morgan fingerprint density at radius 1 is 1.15 bits per heavy atom. The lowest BCUT2D eigenvalue weighted by atomic mass is 9.97. The molecule has 1 unspecified atom stereocenters. The van der Waals surface area contributed by atoms with E-state index in [0.717, 1.165) is 35.3 Å². The zero-order valence-corrected chi connectivity index (χ0v) is 20.3. The molecule has 0 saturated heterocycles. The molecule has 0 radical (unpaired) electrons. The quantitative estimate of drug-likeness (QED) is 0.322. The number of fused-ring (bicyclic) bond motifs is 1. The van der Waals surface area contributed by atoms with Gasteiger partial charge in [-0.1, -0.05) is 53.3 Å². The summed E-state index contributed by atoms with van der Waals surface area (Å²) in [4.78, 5) is 21.1. The van der Waals surface area contributed by atoms with Gasteiger partial charge in [0.2, 0.25) is 0 Å². The van der Waals surface area contributed by atoms with Gasteiger partial charge in [-0.15, -0.1) is 12.4 Å². The third-order valence-corrected chi connectivity index (χ3v) is 6.66. The first kappa shape index (κ1) is 24.0. The highest BCUT2D eigenvalue weighted by Crippen LogP contribution is 2.43. The molecule has 0 aliphatic carbocycles. The third-order valence-electron chi connectivity index (χ3n) is 5.37. The fraction of sp³-hybridized carbons (Fsp3) is 0.160. The Hall–Kier alpha value is -3.13. The average Bonchev–Trinajstić information content (AvgIpc) is 3.34. The van der Waals surface area contributed by atoms with Gasteiger partial charge in [0.1, 0.15) is 22.5 Å². The number of pyridine rings is 1. The van der Waals surface area contributed by atoms with Crippen molar-refractivity contribution in [3.8, 4) is 16.7 Å². The van der Waals surface area contributed by atoms with E-state index in [4.69, 9.17) is 21.1 Å². The molecule has 9 heteroatoms. The summed E-state index contributed by atoms with van der Waals surface area (Å²) in [5.74, 6) is 1.05. The minimum absolute atomic E-state index is 0. The first-order chi connectivity index (χ1) is 16.2. The number of nitrogens with one attached hydrogen (secondary N) is 1. The summed E-state index contributed by atoms with van der Waals surface area (Å²) >= 11 is 7.81. The number of rotatable bonds is 6. The molecule has 174 valence electrons. The number of thiazole rings is 1. The van der Waals surface area contributed by atoms with Crippen LogP contribution >= 0.6 is 35.3 Å². The smallest absolute Gasteiger partial charge is 0.279 e. The lowest BCUT2D eigenvalue weighted by molar-refractivity contribution is 0.0954. The van der Waals surface area contributed by atoms with E-state index in [2.05, 4.69) is 27.4 Å². The lowest BCUT2D eigenvalue weighted by Crippen LogP contribution is -2.21. The van der Waals surface area contributed by atoms with E-state index < -0.39 is 0 Å². The maximum absolute atomic E-state index is 12.4. The van der Waals surface area contributed by atoms with Crippen LogP contribution < -0.4 is 14.8 Å². The number of carbonyl (C=O) groups excluding carboxylic acids is 1. The van der Waals surface area contributed by atoms with Gasteiger partial charge in [-0.3, -0.25) is 9.78 Å². The average molecular weight is 514 g/mol. The van der Waals surface area contributed by atoms with Crippen molar-refractivity contribution in [1.29, 1.82) is 0 Å². The molecule has 0 fully saturated rings. The highest BCUT2D eigenvalue weighted by Gasteiger charge is 2.25. The van der Waals surface area contributed by atoms with Gasteiger partial charge in [-0.25, -0.2) is 4.98 Å². The summed E-state index contributed by atoms with van der Waals surface area (Å²) in [5.41, 5.74) is 3.04. The van der Waals surface area contributed by atoms with Crippen LogP contribution in [-0.4, -0.2) is 15.9 Å². The molecular weight excluding hydrogens is 493 g/mol. The maximum Gasteiger partial charge on any atom is 0.279 e. The lowest BCUT2D eigenvalue weighted by Gasteiger charge is -2.27. The zero-order valence-electron chi connectivity index (χ0n) is 17.9. The van der Waals surface area contributed by atoms with Crippen LogP contribution in [0.15, 0.2) is 73.2 Å². The van der Waals surface area contributed by atoms with Crippen LogP contribution in [0.1, 0.15) is 38.9 Å². The minimum atomic E-state index is -0.212. The largest absolute Gasteiger partial charge is 0.485 e. The number of amides is 1. The van der Waals surface area contributed by atoms with Gasteiger partial charge in [0.15, 0.2) is 0 Å². The Morgan fingerprint density at radius 2 is 1.94 bits per heavy atom. The van der Waals surface area contributed by atoms with Gasteiger partial charge in [-0.2, -0.15) is 0 Å². The molecule has 1 atom stereocenters. The second kappa shape index (κ2) is 10.9. The van der Waals surface area contributed by atoms with Crippen molar-refractivity contribution in [3.05, 3.63) is 99.8 Å². The second-order valence-electron chi connectivity index (χ2n) is 7.54. The van der Waals surface area contributed by atoms with Crippen LogP contribution in [0.25, 0.3) is 0 Å². The fourth-order valence-electron chi connectivity index (χ4n) is 3.67. The Balaban J connectivity index is 0.00000274. The van der Waals surface area contributed by atoms with Crippen molar-refractivity contribution >= 4 is 41.3 Å². The van der Waals surface area contributed by atoms with E-state index >= 15 is 0 Å². The van der Waals surface area contributed by atoms with E-state index in [-0.39, 0.29) is 24.4 Å². The van der Waals surface area contributed by atoms with E-state index in [9.17, 15) is 4.79 Å². The van der Waals surface area contributed by atoms with E-state index in [1.165, 1.54) is 17.5 Å². The first-order valence-corrected chi connectivity index (χ1v) is 11.7. The van der Waals surface area contributed by atoms with E-state index in [1.807, 2.05) is 36.4 Å². The van der Waals surface area contributed by atoms with Crippen LogP contribution in [0.2, 0.25) is 5.02 Å². The molecule has 0 spiro atoms. The highest BCUT2D eigenvalue weighted by atomic mass is 35.5. The predicted octanol–water partition coefficient (Wildman–Crippen LogP) is 6.40. The molecule has 4 aromatic rings. The molecule has 5 rings (SSSR count). The molecule has 0 saturated carbocycles. The van der Waals surface area contributed by atoms with Crippen LogP contribution in [0, 0.1) is 0 Å². The summed E-state index contributed by atoms with van der Waals surface area (Å²) in [7, 11) is 0. The molecule has 2 aromatic carbocycles. The molecule has 1 aliphatic rings. The maximum atomic E-state index is 12.4. The van der Waals surface area contributed by atoms with Crippen molar-refractivity contribution in [2.45, 2.75) is 25.5 Å². The molecule has 2 aromatic heterocycles. The fourth-order valence-corrected chi connectivity index (χ4v) is 4.65. The summed E-state index contributed by atoms with van der Waals surface area (Å²) in [6, 6.07) is 17.5. The molecule has 1 aliphatic heterocycles. The van der Waals surface area contributed by atoms with Crippen LogP contribution in [0.4, 0.5) is 0 Å². The number of aromatic nitrogens is 2. The van der Waals surface area contributed by atoms with Crippen molar-refractivity contribution in [2.75, 3.05) is 0 Å². The zero-order chi connectivity index (χ0) is 22.6. The normalized spacial score (nSPS) is 14.3. The predicted molar refractivity (Wildman–Crippen MR) is 134 cm³/mol. The van der Waals surface area contributed by atoms with Crippen molar-refractivity contribution in [2.24, 2.45) is 0 Å². The Morgan fingerprint density at radius 3 is 2.74 bits per heavy atom. The number of hydrogen-bond donors (Lipinski definition) is 1. The van der Waals surface area contributed by atoms with Gasteiger partial charge >= 0.3 is 0 Å². The Bertz CT molecular complexity index is 1270. The van der Waals surface area contributed by atoms with Crippen LogP contribution in [0.5, 0.6) is 16.7 Å². The van der Waals surface area contributed by atoms with Gasteiger partial charge < -0.3 is 14.8 Å². The number of hydrogen-bond acceptors (Lipinski definition) is 6. The van der Waals surface area contributed by atoms with Gasteiger partial charge in [0.05, 0.1) is 11.2 Å². The van der Waals surface area contributed by atoms with Crippen molar-refractivity contribution in [3.63, 3.8) is 0 Å². The second-order valence-corrected chi connectivity index (χ2v) is 8.91. The first-order valence-electron chi connectivity index (χ1n) is 10.5. The molecule has 34 heavy (non-hydrogen) atoms. The van der Waals surface area contributed by atoms with Gasteiger partial charge in [0.25, 0.3) is 11.1 Å². The Kier molecular flexibility index (Phi) is 7.67. The molecule has 3 heterocycles. The minimum Gasteiger partial charge on any atom is -0.485 e. The third kappa shape index (κ3) is 5.33. The number of halogens is 2. The number of carbonyl (C=O) groups is 1. The molecule has 6 nitrogen and oxygen atoms in total. The Labute approximate surface area is 212 Å². The number of benzene rings is 2. The van der Waals surface area contributed by atoms with Crippen LogP contribution in [-0.2, 0) is 13.0 Å². The van der Waals surface area contributed by atoms with Gasteiger partial charge in [-0.05, 0) is 48.2 Å². The summed E-state index contributed by atoms with van der Waals surface area (Å²) < 4.78 is 12.1. The highest BCUT2D eigenvalue weighted by molar-refractivity contribution is 7.15. The summed E-state index contributed by atoms with van der Waals surface area (Å²) in [5, 5.41) is 3.73. The topological polar surface area (TPSA) is 73.3 Å². The summed E-state index contributed by atoms with van der Waals surface area (Å²) in [6.07, 6.45) is 6.51. The van der Waals surface area contributed by atoms with Crippen molar-refractivity contribution < 1.29 is 14.3 Å². The SMILES string of the molecule is Cl.O=C(NCc1ccncc1)c1cnc(Oc2ccc3c(c2Cl)CCC(c2ccccc2)O3)s1. The van der Waals surface area contributed by atoms with Crippen molar-refractivity contribution in [1.82, 2.24) is 15.3 Å². The monoisotopic (exact) mass is 513 g/mol. The molecular formula is C25H21Cl2N3O3S. The number of ether oxygens (including phenoxy) is 2. The van der Waals surface area contributed by atoms with Crippen LogP contribution in [0.3, 0.4) is 0 Å². The standard InChI is InChI=1S/C25H20ClN3O3S.ClH/c26-23-18-6-7-19(17-4-2-1-3-5-17)31-20(18)8-9-21(23)32-25-29-15-22(33-25)24(30)28-14-16-10-12-27-13-11-16;/h1-5,8-13,15,19H,6-7,14H2,(H,28,30);1H. The van der Waals surface area contributed by atoms with E-state index in [0.29, 0.717) is 27.4 Å². The molecule has 1 amide bonds.